The molecule has 0 spiro atoms. The van der Waals surface area contributed by atoms with Crippen LogP contribution < -0.4 is 0 Å². The lowest BCUT2D eigenvalue weighted by Crippen LogP contribution is -2.45. The van der Waals surface area contributed by atoms with E-state index in [9.17, 15) is 49.5 Å². The molecular formula is C36H30O11. The van der Waals surface area contributed by atoms with Gasteiger partial charge in [0.25, 0.3) is 0 Å². The molecule has 4 aromatic rings. The number of aryl methyl sites for hydroxylation is 1. The van der Waals surface area contributed by atoms with E-state index in [1.54, 1.807) is 6.92 Å². The molecule has 47 heavy (non-hydrogen) atoms. The van der Waals surface area contributed by atoms with Gasteiger partial charge in [0, 0.05) is 41.2 Å². The number of hydrogen-bond acceptors (Lipinski definition) is 11. The van der Waals surface area contributed by atoms with Crippen LogP contribution in [0.15, 0.2) is 36.4 Å². The highest BCUT2D eigenvalue weighted by Gasteiger charge is 2.47. The number of carbonyl (C=O) groups is 5. The highest BCUT2D eigenvalue weighted by atomic mass is 16.5. The van der Waals surface area contributed by atoms with E-state index in [1.807, 2.05) is 0 Å². The van der Waals surface area contributed by atoms with E-state index in [4.69, 9.17) is 4.74 Å². The van der Waals surface area contributed by atoms with Crippen LogP contribution in [0.5, 0.6) is 23.0 Å². The Hall–Kier alpha value is -5.55. The van der Waals surface area contributed by atoms with Crippen molar-refractivity contribution in [3.05, 3.63) is 80.9 Å². The molecule has 3 atom stereocenters. The topological polar surface area (TPSA) is 196 Å². The minimum atomic E-state index is -1.63. The fourth-order valence-corrected chi connectivity index (χ4v) is 7.38. The smallest absolute Gasteiger partial charge is 0.302 e. The average Bonchev–Trinajstić information content (AvgIpc) is 2.94. The largest absolute Gasteiger partial charge is 0.507 e. The molecular weight excluding hydrogens is 608 g/mol. The molecule has 11 nitrogen and oxygen atoms in total. The van der Waals surface area contributed by atoms with Crippen LogP contribution in [0.4, 0.5) is 0 Å². The number of esters is 1. The predicted octanol–water partition coefficient (Wildman–Crippen LogP) is 4.99. The summed E-state index contributed by atoms with van der Waals surface area (Å²) < 4.78 is 5.35. The van der Waals surface area contributed by atoms with Crippen LogP contribution in [0.1, 0.15) is 104 Å². The van der Waals surface area contributed by atoms with E-state index in [0.717, 1.165) is 0 Å². The van der Waals surface area contributed by atoms with Crippen molar-refractivity contribution >= 4 is 39.9 Å². The number of Topliss-reactive ketones (excluding diaryl/α,β-unsaturated/α-hetero) is 2. The van der Waals surface area contributed by atoms with Gasteiger partial charge in [0.2, 0.25) is 5.78 Å². The average molecular weight is 639 g/mol. The van der Waals surface area contributed by atoms with E-state index in [2.05, 4.69) is 0 Å². The normalized spacial score (nSPS) is 19.2. The number of phenolic OH excluding ortho intramolecular Hbond substituents is 4. The van der Waals surface area contributed by atoms with Gasteiger partial charge in [0.15, 0.2) is 17.3 Å². The standard InChI is InChI=1S/C36H30O11/c1-13-10-22(39)28-29(24(13)14(2)37)33(43)20-9-8-19(32(42)27(20)35(28)45)18-7-6-17-11-21-26(34(44)25(17)31(18)41)23(40)12-36(5,46)30(21)15(3)47-16(4)38/h6-11,15,30,39,41-42,44,46H,12H2,1-5H3/t15?,30-,36+/m1/s1. The van der Waals surface area contributed by atoms with Gasteiger partial charge in [-0.25, -0.2) is 0 Å². The zero-order chi connectivity index (χ0) is 34.4. The number of hydrogen-bond donors (Lipinski definition) is 5. The molecule has 11 heteroatoms. The third-order valence-corrected chi connectivity index (χ3v) is 9.16. The Morgan fingerprint density at radius 1 is 0.830 bits per heavy atom. The second-order valence-electron chi connectivity index (χ2n) is 12.4. The maximum absolute atomic E-state index is 13.7. The molecule has 4 aromatic carbocycles. The third kappa shape index (κ3) is 4.49. The van der Waals surface area contributed by atoms with Crippen molar-refractivity contribution in [3.63, 3.8) is 0 Å². The number of fused-ring (bicyclic) bond motifs is 4. The minimum absolute atomic E-state index is 0.0168. The summed E-state index contributed by atoms with van der Waals surface area (Å²) in [4.78, 5) is 64.8. The van der Waals surface area contributed by atoms with Crippen molar-refractivity contribution in [2.75, 3.05) is 0 Å². The van der Waals surface area contributed by atoms with Gasteiger partial charge in [-0.05, 0) is 74.5 Å². The van der Waals surface area contributed by atoms with Gasteiger partial charge >= 0.3 is 5.97 Å². The molecule has 6 rings (SSSR count). The molecule has 0 saturated carbocycles. The number of carbonyl (C=O) groups excluding carboxylic acids is 5. The molecule has 0 saturated heterocycles. The Morgan fingerprint density at radius 3 is 2.09 bits per heavy atom. The zero-order valence-corrected chi connectivity index (χ0v) is 26.0. The highest BCUT2D eigenvalue weighted by molar-refractivity contribution is 6.33. The Bertz CT molecular complexity index is 2160. The predicted molar refractivity (Wildman–Crippen MR) is 168 cm³/mol. The second kappa shape index (κ2) is 10.5. The summed E-state index contributed by atoms with van der Waals surface area (Å²) >= 11 is 0. The fourth-order valence-electron chi connectivity index (χ4n) is 7.38. The van der Waals surface area contributed by atoms with E-state index in [0.29, 0.717) is 5.56 Å². The van der Waals surface area contributed by atoms with Gasteiger partial charge in [-0.15, -0.1) is 0 Å². The number of rotatable bonds is 4. The van der Waals surface area contributed by atoms with E-state index < -0.39 is 87.3 Å². The van der Waals surface area contributed by atoms with Crippen molar-refractivity contribution < 1.29 is 54.2 Å². The lowest BCUT2D eigenvalue weighted by atomic mass is 9.69. The first-order chi connectivity index (χ1) is 22.0. The van der Waals surface area contributed by atoms with Crippen molar-refractivity contribution in [2.24, 2.45) is 0 Å². The Kier molecular flexibility index (Phi) is 7.02. The maximum atomic E-state index is 13.7. The first-order valence-corrected chi connectivity index (χ1v) is 14.7. The van der Waals surface area contributed by atoms with Crippen LogP contribution in [-0.2, 0) is 9.53 Å². The van der Waals surface area contributed by atoms with E-state index in [1.165, 1.54) is 64.1 Å². The quantitative estimate of drug-likeness (QED) is 0.131. The number of benzene rings is 4. The minimum Gasteiger partial charge on any atom is -0.507 e. The Morgan fingerprint density at radius 2 is 1.45 bits per heavy atom. The molecule has 0 amide bonds. The maximum Gasteiger partial charge on any atom is 0.302 e. The molecule has 1 unspecified atom stereocenters. The molecule has 5 N–H and O–H groups in total. The van der Waals surface area contributed by atoms with Crippen molar-refractivity contribution in [1.82, 2.24) is 0 Å². The number of phenols is 4. The number of aromatic hydroxyl groups is 4. The van der Waals surface area contributed by atoms with Gasteiger partial charge < -0.3 is 30.3 Å². The lowest BCUT2D eigenvalue weighted by Gasteiger charge is -2.41. The van der Waals surface area contributed by atoms with Gasteiger partial charge in [0.05, 0.1) is 33.6 Å². The van der Waals surface area contributed by atoms with Crippen LogP contribution in [0.3, 0.4) is 0 Å². The first kappa shape index (κ1) is 31.4. The molecule has 2 aliphatic rings. The molecule has 240 valence electrons. The summed E-state index contributed by atoms with van der Waals surface area (Å²) in [6, 6.07) is 8.15. The molecule has 0 bridgehead atoms. The van der Waals surface area contributed by atoms with Crippen LogP contribution in [0.25, 0.3) is 21.9 Å². The van der Waals surface area contributed by atoms with Gasteiger partial charge in [-0.3, -0.25) is 24.0 Å². The number of ketones is 4. The van der Waals surface area contributed by atoms with Crippen LogP contribution in [0, 0.1) is 6.92 Å². The lowest BCUT2D eigenvalue weighted by molar-refractivity contribution is -0.149. The Labute approximate surface area is 267 Å². The molecule has 0 heterocycles. The third-order valence-electron chi connectivity index (χ3n) is 9.16. The second-order valence-corrected chi connectivity index (χ2v) is 12.4. The van der Waals surface area contributed by atoms with Gasteiger partial charge in [-0.2, -0.15) is 0 Å². The molecule has 0 aromatic heterocycles. The van der Waals surface area contributed by atoms with Crippen LogP contribution >= 0.6 is 0 Å². The molecule has 0 aliphatic heterocycles. The van der Waals surface area contributed by atoms with Gasteiger partial charge in [0.1, 0.15) is 29.1 Å². The monoisotopic (exact) mass is 638 g/mol. The zero-order valence-electron chi connectivity index (χ0n) is 26.0. The van der Waals surface area contributed by atoms with Crippen molar-refractivity contribution in [3.8, 4) is 34.1 Å². The van der Waals surface area contributed by atoms with Gasteiger partial charge in [-0.1, -0.05) is 6.07 Å². The Balaban J connectivity index is 1.55. The van der Waals surface area contributed by atoms with E-state index >= 15 is 0 Å². The number of ether oxygens (including phenoxy) is 1. The molecule has 0 radical (unpaired) electrons. The summed E-state index contributed by atoms with van der Waals surface area (Å²) in [5.74, 6) is -6.63. The van der Waals surface area contributed by atoms with E-state index in [-0.39, 0.29) is 49.7 Å². The van der Waals surface area contributed by atoms with Crippen molar-refractivity contribution in [1.29, 1.82) is 0 Å². The summed E-state index contributed by atoms with van der Waals surface area (Å²) in [6.07, 6.45) is -1.29. The summed E-state index contributed by atoms with van der Waals surface area (Å²) in [7, 11) is 0. The van der Waals surface area contributed by atoms with Crippen molar-refractivity contribution in [2.45, 2.75) is 58.7 Å². The fraction of sp³-hybridized carbons (Fsp3) is 0.250. The van der Waals surface area contributed by atoms with Crippen LogP contribution in [0.2, 0.25) is 0 Å². The SMILES string of the molecule is CC(=O)OC(C)[C@@H]1c2cc3ccc(-c4ccc5c(c4O)C(=O)c4c(O)cc(C)c(C(C)=O)c4C5=O)c(O)c3c(O)c2C(=O)C[C@]1(C)O. The summed E-state index contributed by atoms with van der Waals surface area (Å²) in [5, 5.41) is 56.4. The highest BCUT2D eigenvalue weighted by Crippen LogP contribution is 2.52. The van der Waals surface area contributed by atoms with Crippen LogP contribution in [-0.4, -0.2) is 66.3 Å². The number of aliphatic hydroxyl groups is 1. The first-order valence-electron chi connectivity index (χ1n) is 14.7. The molecule has 0 fully saturated rings. The summed E-state index contributed by atoms with van der Waals surface area (Å²) in [6.45, 7) is 6.97. The molecule has 2 aliphatic carbocycles. The summed E-state index contributed by atoms with van der Waals surface area (Å²) in [5.41, 5.74) is -2.78.